The number of nitrogens with zero attached hydrogens (tertiary/aromatic N) is 1. The van der Waals surface area contributed by atoms with Crippen molar-refractivity contribution in [2.45, 2.75) is 38.8 Å². The van der Waals surface area contributed by atoms with Crippen molar-refractivity contribution in [3.8, 4) is 0 Å². The zero-order chi connectivity index (χ0) is 15.6. The molecule has 0 aromatic heterocycles. The lowest BCUT2D eigenvalue weighted by Crippen LogP contribution is -2.51. The highest BCUT2D eigenvalue weighted by Crippen LogP contribution is 2.24. The molecule has 3 unspecified atom stereocenters. The lowest BCUT2D eigenvalue weighted by Gasteiger charge is -2.35. The van der Waals surface area contributed by atoms with Crippen molar-refractivity contribution in [3.63, 3.8) is 0 Å². The molecule has 1 saturated heterocycles. The summed E-state index contributed by atoms with van der Waals surface area (Å²) >= 11 is 0. The van der Waals surface area contributed by atoms with Crippen LogP contribution in [-0.2, 0) is 4.79 Å². The molecule has 2 rings (SSSR count). The van der Waals surface area contributed by atoms with Crippen LogP contribution < -0.4 is 5.32 Å². The van der Waals surface area contributed by atoms with E-state index in [4.69, 9.17) is 0 Å². The number of carbonyl (C=O) groups excluding carboxylic acids is 1. The van der Waals surface area contributed by atoms with E-state index in [1.165, 1.54) is 6.07 Å². The van der Waals surface area contributed by atoms with Crippen LogP contribution in [-0.4, -0.2) is 30.4 Å². The van der Waals surface area contributed by atoms with Crippen molar-refractivity contribution >= 4 is 5.91 Å². The van der Waals surface area contributed by atoms with Gasteiger partial charge in [0.15, 0.2) is 11.6 Å². The molecule has 1 N–H and O–H groups in total. The quantitative estimate of drug-likeness (QED) is 0.930. The fourth-order valence-corrected chi connectivity index (χ4v) is 2.79. The highest BCUT2D eigenvalue weighted by molar-refractivity contribution is 5.82. The zero-order valence-electron chi connectivity index (χ0n) is 12.7. The Kier molecular flexibility index (Phi) is 4.93. The number of carbonyl (C=O) groups is 1. The van der Waals surface area contributed by atoms with Gasteiger partial charge in [0.2, 0.25) is 5.91 Å². The molecule has 3 atom stereocenters. The summed E-state index contributed by atoms with van der Waals surface area (Å²) < 4.78 is 26.3. The number of likely N-dealkylation sites (N-methyl/N-ethyl adjacent to an activating group) is 1. The highest BCUT2D eigenvalue weighted by atomic mass is 19.2. The largest absolute Gasteiger partial charge is 0.338 e. The second-order valence-corrected chi connectivity index (χ2v) is 5.85. The molecule has 1 fully saturated rings. The fraction of sp³-hybridized carbons (Fsp3) is 0.562. The molecule has 21 heavy (non-hydrogen) atoms. The number of halogens is 2. The molecule has 5 heteroatoms. The molecule has 1 aliphatic heterocycles. The van der Waals surface area contributed by atoms with E-state index < -0.39 is 11.6 Å². The Labute approximate surface area is 124 Å². The minimum Gasteiger partial charge on any atom is -0.338 e. The first kappa shape index (κ1) is 15.9. The van der Waals surface area contributed by atoms with Gasteiger partial charge in [-0.3, -0.25) is 4.79 Å². The van der Waals surface area contributed by atoms with E-state index in [1.807, 2.05) is 6.92 Å². The van der Waals surface area contributed by atoms with E-state index in [9.17, 15) is 13.6 Å². The van der Waals surface area contributed by atoms with Crippen LogP contribution in [0, 0.1) is 17.6 Å². The van der Waals surface area contributed by atoms with Crippen LogP contribution in [0.5, 0.6) is 0 Å². The van der Waals surface area contributed by atoms with E-state index in [-0.39, 0.29) is 23.9 Å². The fourth-order valence-electron chi connectivity index (χ4n) is 2.79. The normalized spacial score (nSPS) is 23.7. The van der Waals surface area contributed by atoms with Crippen molar-refractivity contribution in [1.82, 2.24) is 10.2 Å². The van der Waals surface area contributed by atoms with E-state index >= 15 is 0 Å². The zero-order valence-corrected chi connectivity index (χ0v) is 12.7. The van der Waals surface area contributed by atoms with Gasteiger partial charge in [-0.15, -0.1) is 0 Å². The molecule has 0 spiro atoms. The molecule has 1 aliphatic rings. The minimum absolute atomic E-state index is 0.000525. The first-order valence-corrected chi connectivity index (χ1v) is 7.37. The SMILES string of the molecule is CC1CCCNC1C(=O)N(C)C(C)c1ccc(F)c(F)c1. The minimum atomic E-state index is -0.885. The summed E-state index contributed by atoms with van der Waals surface area (Å²) in [5.74, 6) is -1.47. The van der Waals surface area contributed by atoms with Crippen molar-refractivity contribution in [1.29, 1.82) is 0 Å². The number of piperidine rings is 1. The van der Waals surface area contributed by atoms with E-state index in [2.05, 4.69) is 12.2 Å². The van der Waals surface area contributed by atoms with Gasteiger partial charge < -0.3 is 10.2 Å². The van der Waals surface area contributed by atoms with Gasteiger partial charge in [-0.05, 0) is 49.9 Å². The van der Waals surface area contributed by atoms with Crippen molar-refractivity contribution in [2.24, 2.45) is 5.92 Å². The molecule has 0 bridgehead atoms. The monoisotopic (exact) mass is 296 g/mol. The van der Waals surface area contributed by atoms with Gasteiger partial charge in [0, 0.05) is 7.05 Å². The van der Waals surface area contributed by atoms with Crippen LogP contribution in [0.25, 0.3) is 0 Å². The van der Waals surface area contributed by atoms with E-state index in [1.54, 1.807) is 11.9 Å². The molecule has 1 heterocycles. The third-order valence-electron chi connectivity index (χ3n) is 4.39. The third-order valence-corrected chi connectivity index (χ3v) is 4.39. The summed E-state index contributed by atoms with van der Waals surface area (Å²) in [7, 11) is 1.71. The van der Waals surface area contributed by atoms with Crippen LogP contribution in [0.2, 0.25) is 0 Å². The van der Waals surface area contributed by atoms with Crippen LogP contribution in [0.3, 0.4) is 0 Å². The molecule has 1 amide bonds. The van der Waals surface area contributed by atoms with Gasteiger partial charge in [0.25, 0.3) is 0 Å². The molecule has 0 saturated carbocycles. The van der Waals surface area contributed by atoms with Gasteiger partial charge in [-0.2, -0.15) is 0 Å². The Balaban J connectivity index is 2.12. The summed E-state index contributed by atoms with van der Waals surface area (Å²) in [6.45, 7) is 4.72. The number of amides is 1. The molecule has 1 aromatic carbocycles. The molecule has 116 valence electrons. The first-order chi connectivity index (χ1) is 9.91. The standard InChI is InChI=1S/C16H22F2N2O/c1-10-5-4-8-19-15(10)16(21)20(3)11(2)12-6-7-13(17)14(18)9-12/h6-7,9-11,15,19H,4-5,8H2,1-3H3. The van der Waals surface area contributed by atoms with Crippen molar-refractivity contribution in [2.75, 3.05) is 13.6 Å². The maximum atomic E-state index is 13.3. The van der Waals surface area contributed by atoms with Gasteiger partial charge in [-0.25, -0.2) is 8.78 Å². The smallest absolute Gasteiger partial charge is 0.240 e. The predicted octanol–water partition coefficient (Wildman–Crippen LogP) is 2.87. The predicted molar refractivity (Wildman–Crippen MR) is 77.7 cm³/mol. The topological polar surface area (TPSA) is 32.3 Å². The van der Waals surface area contributed by atoms with Crippen molar-refractivity contribution < 1.29 is 13.6 Å². The van der Waals surface area contributed by atoms with Gasteiger partial charge in [0.1, 0.15) is 0 Å². The number of rotatable bonds is 3. The Morgan fingerprint density at radius 1 is 1.38 bits per heavy atom. The van der Waals surface area contributed by atoms with Gasteiger partial charge in [0.05, 0.1) is 12.1 Å². The van der Waals surface area contributed by atoms with Crippen LogP contribution >= 0.6 is 0 Å². The number of nitrogens with one attached hydrogen (secondary N) is 1. The number of hydrogen-bond donors (Lipinski definition) is 1. The van der Waals surface area contributed by atoms with E-state index in [0.717, 1.165) is 31.5 Å². The summed E-state index contributed by atoms with van der Waals surface area (Å²) in [6, 6.07) is 3.27. The molecule has 3 nitrogen and oxygen atoms in total. The van der Waals surface area contributed by atoms with Crippen LogP contribution in [0.4, 0.5) is 8.78 Å². The molecule has 1 aromatic rings. The lowest BCUT2D eigenvalue weighted by molar-refractivity contribution is -0.135. The summed E-state index contributed by atoms with van der Waals surface area (Å²) in [4.78, 5) is 14.2. The molecular formula is C16H22F2N2O. The van der Waals surface area contributed by atoms with Crippen LogP contribution in [0.15, 0.2) is 18.2 Å². The average Bonchev–Trinajstić information content (AvgIpc) is 2.48. The molecular weight excluding hydrogens is 274 g/mol. The van der Waals surface area contributed by atoms with Gasteiger partial charge in [-0.1, -0.05) is 13.0 Å². The van der Waals surface area contributed by atoms with E-state index in [0.29, 0.717) is 5.56 Å². The summed E-state index contributed by atoms with van der Waals surface area (Å²) in [5, 5.41) is 3.25. The Morgan fingerprint density at radius 2 is 2.10 bits per heavy atom. The molecule has 0 aliphatic carbocycles. The van der Waals surface area contributed by atoms with Gasteiger partial charge >= 0.3 is 0 Å². The van der Waals surface area contributed by atoms with Crippen molar-refractivity contribution in [3.05, 3.63) is 35.4 Å². The second-order valence-electron chi connectivity index (χ2n) is 5.85. The number of benzene rings is 1. The Hall–Kier alpha value is -1.49. The maximum absolute atomic E-state index is 13.3. The summed E-state index contributed by atoms with van der Waals surface area (Å²) in [6.07, 6.45) is 2.10. The Morgan fingerprint density at radius 3 is 2.71 bits per heavy atom. The third kappa shape index (κ3) is 3.40. The highest BCUT2D eigenvalue weighted by Gasteiger charge is 2.31. The molecule has 0 radical (unpaired) electrons. The summed E-state index contributed by atoms with van der Waals surface area (Å²) in [5.41, 5.74) is 0.591. The average molecular weight is 296 g/mol. The second kappa shape index (κ2) is 6.52. The Bertz CT molecular complexity index is 521. The lowest BCUT2D eigenvalue weighted by atomic mass is 9.91. The number of hydrogen-bond acceptors (Lipinski definition) is 2. The maximum Gasteiger partial charge on any atom is 0.240 e. The first-order valence-electron chi connectivity index (χ1n) is 7.37. The van der Waals surface area contributed by atoms with Crippen LogP contribution in [0.1, 0.15) is 38.3 Å².